The van der Waals surface area contributed by atoms with Crippen LogP contribution in [0.15, 0.2) is 48.5 Å². The molecule has 5 heteroatoms. The number of halogens is 2. The van der Waals surface area contributed by atoms with Crippen molar-refractivity contribution >= 4 is 29.1 Å². The molecular weight excluding hydrogens is 265 g/mol. The zero-order chi connectivity index (χ0) is 12.5. The van der Waals surface area contributed by atoms with Crippen molar-refractivity contribution in [2.24, 2.45) is 0 Å². The van der Waals surface area contributed by atoms with Gasteiger partial charge in [-0.1, -0.05) is 24.3 Å². The number of nitrogens with two attached hydrogens (primary N) is 1. The highest BCUT2D eigenvalue weighted by Gasteiger charge is 2.07. The van der Waals surface area contributed by atoms with E-state index in [0.717, 1.165) is 10.9 Å². The summed E-state index contributed by atoms with van der Waals surface area (Å²) in [5.74, 6) is 0.522. The molecule has 96 valence electrons. The maximum Gasteiger partial charge on any atom is 0.162 e. The van der Waals surface area contributed by atoms with Gasteiger partial charge in [0.1, 0.15) is 11.6 Å². The molecule has 2 N–H and O–H groups in total. The molecule has 2 aromatic carbocycles. The summed E-state index contributed by atoms with van der Waals surface area (Å²) in [6, 6.07) is 13.6. The molecule has 0 fully saturated rings. The van der Waals surface area contributed by atoms with Crippen molar-refractivity contribution in [3.05, 3.63) is 54.3 Å². The van der Waals surface area contributed by atoms with Crippen LogP contribution in [0, 0.1) is 5.82 Å². The Morgan fingerprint density at radius 2 is 1.74 bits per heavy atom. The smallest absolute Gasteiger partial charge is 0.162 e. The second-order valence-electron chi connectivity index (χ2n) is 3.96. The number of nitrogens with zero attached hydrogens (tertiary/aromatic N) is 2. The van der Waals surface area contributed by atoms with Crippen LogP contribution in [0.1, 0.15) is 0 Å². The highest BCUT2D eigenvalue weighted by molar-refractivity contribution is 5.89. The zero-order valence-corrected chi connectivity index (χ0v) is 10.7. The standard InChI is InChI=1S/C14H10FN3.ClH/c15-10-5-3-4-9(8-10)14-17-12-7-2-1-6-11(12)13(16)18-14;/h1-8H,(H2,16,17,18);1H. The number of fused-ring (bicyclic) bond motifs is 1. The lowest BCUT2D eigenvalue weighted by Gasteiger charge is -2.05. The van der Waals surface area contributed by atoms with E-state index in [1.54, 1.807) is 12.1 Å². The van der Waals surface area contributed by atoms with Crippen LogP contribution in [-0.2, 0) is 0 Å². The second kappa shape index (κ2) is 5.20. The average Bonchev–Trinajstić information content (AvgIpc) is 2.39. The van der Waals surface area contributed by atoms with Crippen LogP contribution in [0.25, 0.3) is 22.3 Å². The summed E-state index contributed by atoms with van der Waals surface area (Å²) in [6.07, 6.45) is 0. The van der Waals surface area contributed by atoms with E-state index < -0.39 is 0 Å². The Morgan fingerprint density at radius 3 is 2.53 bits per heavy atom. The van der Waals surface area contributed by atoms with Gasteiger partial charge in [-0.2, -0.15) is 0 Å². The van der Waals surface area contributed by atoms with Gasteiger partial charge >= 0.3 is 0 Å². The third-order valence-electron chi connectivity index (χ3n) is 2.72. The Hall–Kier alpha value is -2.20. The van der Waals surface area contributed by atoms with E-state index in [2.05, 4.69) is 9.97 Å². The van der Waals surface area contributed by atoms with E-state index in [1.165, 1.54) is 12.1 Å². The van der Waals surface area contributed by atoms with Crippen LogP contribution in [0.4, 0.5) is 10.2 Å². The lowest BCUT2D eigenvalue weighted by atomic mass is 10.2. The van der Waals surface area contributed by atoms with E-state index in [-0.39, 0.29) is 18.2 Å². The van der Waals surface area contributed by atoms with Crippen LogP contribution >= 0.6 is 12.4 Å². The Bertz CT molecular complexity index is 731. The Balaban J connectivity index is 0.00000133. The van der Waals surface area contributed by atoms with Crippen molar-refractivity contribution in [2.45, 2.75) is 0 Å². The zero-order valence-electron chi connectivity index (χ0n) is 9.88. The Kier molecular flexibility index (Phi) is 3.62. The van der Waals surface area contributed by atoms with Gasteiger partial charge in [0.25, 0.3) is 0 Å². The van der Waals surface area contributed by atoms with Gasteiger partial charge in [0, 0.05) is 10.9 Å². The molecule has 3 aromatic rings. The van der Waals surface area contributed by atoms with Gasteiger partial charge in [-0.05, 0) is 24.3 Å². The molecule has 0 spiro atoms. The number of aromatic nitrogens is 2. The average molecular weight is 276 g/mol. The fourth-order valence-electron chi connectivity index (χ4n) is 1.86. The first kappa shape index (κ1) is 13.2. The third kappa shape index (κ3) is 2.48. The van der Waals surface area contributed by atoms with Gasteiger partial charge in [-0.3, -0.25) is 0 Å². The van der Waals surface area contributed by atoms with Gasteiger partial charge in [0.05, 0.1) is 5.52 Å². The molecule has 0 aliphatic rings. The lowest BCUT2D eigenvalue weighted by Crippen LogP contribution is -1.97. The van der Waals surface area contributed by atoms with Crippen LogP contribution in [0.2, 0.25) is 0 Å². The van der Waals surface area contributed by atoms with Crippen LogP contribution in [0.3, 0.4) is 0 Å². The van der Waals surface area contributed by atoms with E-state index in [0.29, 0.717) is 17.2 Å². The molecule has 3 nitrogen and oxygen atoms in total. The molecule has 1 heterocycles. The highest BCUT2D eigenvalue weighted by atomic mass is 35.5. The third-order valence-corrected chi connectivity index (χ3v) is 2.72. The summed E-state index contributed by atoms with van der Waals surface area (Å²) < 4.78 is 13.2. The number of nitrogen functional groups attached to an aromatic ring is 1. The number of benzene rings is 2. The molecule has 0 aliphatic heterocycles. The topological polar surface area (TPSA) is 51.8 Å². The molecule has 1 aromatic heterocycles. The SMILES string of the molecule is Cl.Nc1nc(-c2cccc(F)c2)nc2ccccc12. The minimum Gasteiger partial charge on any atom is -0.383 e. The van der Waals surface area contributed by atoms with Crippen molar-refractivity contribution in [3.8, 4) is 11.4 Å². The fourth-order valence-corrected chi connectivity index (χ4v) is 1.86. The van der Waals surface area contributed by atoms with Gasteiger partial charge in [0.15, 0.2) is 5.82 Å². The van der Waals surface area contributed by atoms with Crippen molar-refractivity contribution in [1.29, 1.82) is 0 Å². The second-order valence-corrected chi connectivity index (χ2v) is 3.96. The first-order chi connectivity index (χ1) is 8.74. The van der Waals surface area contributed by atoms with E-state index in [1.807, 2.05) is 24.3 Å². The van der Waals surface area contributed by atoms with Crippen molar-refractivity contribution in [1.82, 2.24) is 9.97 Å². The van der Waals surface area contributed by atoms with Crippen molar-refractivity contribution in [2.75, 3.05) is 5.73 Å². The highest BCUT2D eigenvalue weighted by Crippen LogP contribution is 2.23. The molecule has 0 aliphatic carbocycles. The number of anilines is 1. The van der Waals surface area contributed by atoms with Crippen molar-refractivity contribution < 1.29 is 4.39 Å². The lowest BCUT2D eigenvalue weighted by molar-refractivity contribution is 0.628. The molecule has 0 unspecified atom stereocenters. The number of hydrogen-bond donors (Lipinski definition) is 1. The van der Waals surface area contributed by atoms with Crippen LogP contribution < -0.4 is 5.73 Å². The van der Waals surface area contributed by atoms with E-state index >= 15 is 0 Å². The van der Waals surface area contributed by atoms with Gasteiger partial charge in [-0.15, -0.1) is 12.4 Å². The molecular formula is C14H11ClFN3. The largest absolute Gasteiger partial charge is 0.383 e. The van der Waals surface area contributed by atoms with E-state index in [9.17, 15) is 4.39 Å². The molecule has 0 saturated heterocycles. The fraction of sp³-hybridized carbons (Fsp3) is 0. The first-order valence-corrected chi connectivity index (χ1v) is 5.52. The number of para-hydroxylation sites is 1. The summed E-state index contributed by atoms with van der Waals surface area (Å²) in [4.78, 5) is 8.60. The predicted molar refractivity (Wildman–Crippen MR) is 76.6 cm³/mol. The molecule has 3 rings (SSSR count). The first-order valence-electron chi connectivity index (χ1n) is 5.52. The van der Waals surface area contributed by atoms with Crippen molar-refractivity contribution in [3.63, 3.8) is 0 Å². The maximum atomic E-state index is 13.2. The Labute approximate surface area is 115 Å². The Morgan fingerprint density at radius 1 is 0.947 bits per heavy atom. The minimum absolute atomic E-state index is 0. The molecule has 0 atom stereocenters. The molecule has 0 amide bonds. The summed E-state index contributed by atoms with van der Waals surface area (Å²) in [7, 11) is 0. The van der Waals surface area contributed by atoms with Gasteiger partial charge in [-0.25, -0.2) is 14.4 Å². The number of rotatable bonds is 1. The van der Waals surface area contributed by atoms with Crippen LogP contribution in [0.5, 0.6) is 0 Å². The maximum absolute atomic E-state index is 13.2. The molecule has 0 bridgehead atoms. The molecule has 19 heavy (non-hydrogen) atoms. The van der Waals surface area contributed by atoms with Gasteiger partial charge < -0.3 is 5.73 Å². The summed E-state index contributed by atoms with van der Waals surface area (Å²) in [5.41, 5.74) is 7.26. The molecule has 0 saturated carbocycles. The van der Waals surface area contributed by atoms with Gasteiger partial charge in [0.2, 0.25) is 0 Å². The summed E-state index contributed by atoms with van der Waals surface area (Å²) in [5, 5.41) is 0.803. The quantitative estimate of drug-likeness (QED) is 0.740. The van der Waals surface area contributed by atoms with E-state index in [4.69, 9.17) is 5.73 Å². The summed E-state index contributed by atoms with van der Waals surface area (Å²) >= 11 is 0. The number of hydrogen-bond acceptors (Lipinski definition) is 3. The summed E-state index contributed by atoms with van der Waals surface area (Å²) in [6.45, 7) is 0. The predicted octanol–water partition coefficient (Wildman–Crippen LogP) is 3.44. The normalized spacial score (nSPS) is 10.2. The minimum atomic E-state index is -0.317. The van der Waals surface area contributed by atoms with Crippen LogP contribution in [-0.4, -0.2) is 9.97 Å². The molecule has 0 radical (unpaired) electrons. The monoisotopic (exact) mass is 275 g/mol.